The SMILES string of the molecule is CCc1cccc(C(O)C2CCC(CC)CC2)c1. The van der Waals surface area contributed by atoms with Gasteiger partial charge in [0.15, 0.2) is 0 Å². The highest BCUT2D eigenvalue weighted by molar-refractivity contribution is 5.25. The minimum atomic E-state index is -0.255. The lowest BCUT2D eigenvalue weighted by molar-refractivity contribution is 0.0729. The van der Waals surface area contributed by atoms with E-state index in [4.69, 9.17) is 0 Å². The molecule has 0 aliphatic heterocycles. The van der Waals surface area contributed by atoms with Gasteiger partial charge in [0.1, 0.15) is 0 Å². The second-order valence-electron chi connectivity index (χ2n) is 5.73. The molecule has 100 valence electrons. The second kappa shape index (κ2) is 6.38. The summed E-state index contributed by atoms with van der Waals surface area (Å²) in [7, 11) is 0. The molecular formula is C17H26O. The number of aliphatic hydroxyl groups is 1. The molecule has 1 aliphatic carbocycles. The molecule has 0 radical (unpaired) electrons. The molecule has 1 saturated carbocycles. The van der Waals surface area contributed by atoms with Gasteiger partial charge in [0, 0.05) is 0 Å². The van der Waals surface area contributed by atoms with Crippen LogP contribution in [0.3, 0.4) is 0 Å². The van der Waals surface area contributed by atoms with Crippen molar-refractivity contribution < 1.29 is 5.11 Å². The Kier molecular flexibility index (Phi) is 4.82. The topological polar surface area (TPSA) is 20.2 Å². The van der Waals surface area contributed by atoms with Crippen molar-refractivity contribution in [3.05, 3.63) is 35.4 Å². The molecule has 0 saturated heterocycles. The molecule has 0 bridgehead atoms. The molecule has 0 amide bonds. The Hall–Kier alpha value is -0.820. The Balaban J connectivity index is 2.00. The van der Waals surface area contributed by atoms with Crippen LogP contribution in [0.25, 0.3) is 0 Å². The van der Waals surface area contributed by atoms with Crippen LogP contribution < -0.4 is 0 Å². The molecule has 18 heavy (non-hydrogen) atoms. The summed E-state index contributed by atoms with van der Waals surface area (Å²) in [6.07, 6.45) is 7.06. The van der Waals surface area contributed by atoms with Crippen LogP contribution in [0.15, 0.2) is 24.3 Å². The van der Waals surface area contributed by atoms with Crippen LogP contribution in [0.2, 0.25) is 0 Å². The summed E-state index contributed by atoms with van der Waals surface area (Å²) < 4.78 is 0. The minimum absolute atomic E-state index is 0.255. The Morgan fingerprint density at radius 3 is 2.50 bits per heavy atom. The first-order chi connectivity index (χ1) is 8.74. The largest absolute Gasteiger partial charge is 0.388 e. The van der Waals surface area contributed by atoms with E-state index >= 15 is 0 Å². The predicted octanol–water partition coefficient (Wildman–Crippen LogP) is 4.50. The molecule has 1 nitrogen and oxygen atoms in total. The lowest BCUT2D eigenvalue weighted by atomic mass is 9.77. The number of benzene rings is 1. The zero-order valence-corrected chi connectivity index (χ0v) is 11.7. The summed E-state index contributed by atoms with van der Waals surface area (Å²) in [5.41, 5.74) is 2.45. The third-order valence-electron chi connectivity index (χ3n) is 4.62. The molecule has 0 spiro atoms. The average molecular weight is 246 g/mol. The monoisotopic (exact) mass is 246 g/mol. The van der Waals surface area contributed by atoms with Gasteiger partial charge in [-0.15, -0.1) is 0 Å². The van der Waals surface area contributed by atoms with Gasteiger partial charge in [-0.1, -0.05) is 57.4 Å². The van der Waals surface area contributed by atoms with Crippen molar-refractivity contribution in [1.29, 1.82) is 0 Å². The Bertz CT molecular complexity index is 364. The van der Waals surface area contributed by atoms with Crippen molar-refractivity contribution in [3.8, 4) is 0 Å². The summed E-state index contributed by atoms with van der Waals surface area (Å²) >= 11 is 0. The van der Waals surface area contributed by atoms with E-state index in [0.29, 0.717) is 5.92 Å². The summed E-state index contributed by atoms with van der Waals surface area (Å²) in [5.74, 6) is 1.37. The normalized spacial score (nSPS) is 25.9. The van der Waals surface area contributed by atoms with E-state index in [1.54, 1.807) is 0 Å². The predicted molar refractivity (Wildman–Crippen MR) is 76.5 cm³/mol. The van der Waals surface area contributed by atoms with E-state index in [1.807, 2.05) is 0 Å². The molecule has 1 aromatic rings. The van der Waals surface area contributed by atoms with Crippen LogP contribution in [-0.2, 0) is 6.42 Å². The van der Waals surface area contributed by atoms with Crippen molar-refractivity contribution in [1.82, 2.24) is 0 Å². The molecule has 1 atom stereocenters. The first kappa shape index (κ1) is 13.6. The van der Waals surface area contributed by atoms with Gasteiger partial charge in [-0.25, -0.2) is 0 Å². The highest BCUT2D eigenvalue weighted by Gasteiger charge is 2.26. The van der Waals surface area contributed by atoms with Gasteiger partial charge in [0.05, 0.1) is 6.10 Å². The second-order valence-corrected chi connectivity index (χ2v) is 5.73. The Morgan fingerprint density at radius 2 is 1.89 bits per heavy atom. The highest BCUT2D eigenvalue weighted by atomic mass is 16.3. The van der Waals surface area contributed by atoms with Gasteiger partial charge in [0.2, 0.25) is 0 Å². The fraction of sp³-hybridized carbons (Fsp3) is 0.647. The van der Waals surface area contributed by atoms with Gasteiger partial charge >= 0.3 is 0 Å². The average Bonchev–Trinajstić information content (AvgIpc) is 2.46. The molecular weight excluding hydrogens is 220 g/mol. The van der Waals surface area contributed by atoms with Crippen LogP contribution in [0.1, 0.15) is 63.2 Å². The van der Waals surface area contributed by atoms with Gasteiger partial charge in [-0.3, -0.25) is 0 Å². The van der Waals surface area contributed by atoms with Crippen molar-refractivity contribution in [2.24, 2.45) is 11.8 Å². The standard InChI is InChI=1S/C17H26O/c1-3-13-8-10-15(11-9-13)17(18)16-7-5-6-14(4-2)12-16/h5-7,12-13,15,17-18H,3-4,8-11H2,1-2H3. The molecule has 1 aromatic carbocycles. The zero-order valence-electron chi connectivity index (χ0n) is 11.7. The fourth-order valence-corrected chi connectivity index (χ4v) is 3.18. The molecule has 0 aromatic heterocycles. The first-order valence-corrected chi connectivity index (χ1v) is 7.51. The molecule has 2 rings (SSSR count). The van der Waals surface area contributed by atoms with E-state index in [0.717, 1.165) is 17.9 Å². The van der Waals surface area contributed by atoms with Crippen molar-refractivity contribution in [3.63, 3.8) is 0 Å². The molecule has 1 heteroatoms. The Morgan fingerprint density at radius 1 is 1.17 bits per heavy atom. The van der Waals surface area contributed by atoms with Crippen LogP contribution in [0, 0.1) is 11.8 Å². The van der Waals surface area contributed by atoms with E-state index in [-0.39, 0.29) is 6.10 Å². The summed E-state index contributed by atoms with van der Waals surface area (Å²) in [4.78, 5) is 0. The lowest BCUT2D eigenvalue weighted by Crippen LogP contribution is -2.20. The third-order valence-corrected chi connectivity index (χ3v) is 4.62. The summed E-state index contributed by atoms with van der Waals surface area (Å²) in [6, 6.07) is 8.48. The number of hydrogen-bond donors (Lipinski definition) is 1. The van der Waals surface area contributed by atoms with Gasteiger partial charge in [-0.2, -0.15) is 0 Å². The van der Waals surface area contributed by atoms with E-state index in [1.165, 1.54) is 37.7 Å². The minimum Gasteiger partial charge on any atom is -0.388 e. The number of aliphatic hydroxyl groups excluding tert-OH is 1. The van der Waals surface area contributed by atoms with Crippen LogP contribution in [-0.4, -0.2) is 5.11 Å². The van der Waals surface area contributed by atoms with Gasteiger partial charge in [0.25, 0.3) is 0 Å². The van der Waals surface area contributed by atoms with Crippen molar-refractivity contribution in [2.45, 2.75) is 58.5 Å². The maximum Gasteiger partial charge on any atom is 0.0818 e. The van der Waals surface area contributed by atoms with Gasteiger partial charge in [-0.05, 0) is 42.2 Å². The van der Waals surface area contributed by atoms with Crippen molar-refractivity contribution >= 4 is 0 Å². The maximum atomic E-state index is 10.5. The third kappa shape index (κ3) is 3.14. The van der Waals surface area contributed by atoms with Crippen LogP contribution in [0.4, 0.5) is 0 Å². The number of hydrogen-bond acceptors (Lipinski definition) is 1. The number of aryl methyl sites for hydroxylation is 1. The zero-order chi connectivity index (χ0) is 13.0. The fourth-order valence-electron chi connectivity index (χ4n) is 3.18. The Labute approximate surface area is 111 Å². The van der Waals surface area contributed by atoms with Gasteiger partial charge < -0.3 is 5.11 Å². The maximum absolute atomic E-state index is 10.5. The first-order valence-electron chi connectivity index (χ1n) is 7.51. The molecule has 0 heterocycles. The van der Waals surface area contributed by atoms with Crippen molar-refractivity contribution in [2.75, 3.05) is 0 Å². The molecule has 1 N–H and O–H groups in total. The molecule has 1 fully saturated rings. The lowest BCUT2D eigenvalue weighted by Gasteiger charge is -2.31. The summed E-state index contributed by atoms with van der Waals surface area (Å²) in [6.45, 7) is 4.45. The number of rotatable bonds is 4. The molecule has 1 aliphatic rings. The van der Waals surface area contributed by atoms with Crippen LogP contribution >= 0.6 is 0 Å². The molecule has 1 unspecified atom stereocenters. The van der Waals surface area contributed by atoms with E-state index in [9.17, 15) is 5.11 Å². The van der Waals surface area contributed by atoms with E-state index < -0.39 is 0 Å². The van der Waals surface area contributed by atoms with Crippen LogP contribution in [0.5, 0.6) is 0 Å². The highest BCUT2D eigenvalue weighted by Crippen LogP contribution is 2.37. The smallest absolute Gasteiger partial charge is 0.0818 e. The van der Waals surface area contributed by atoms with E-state index in [2.05, 4.69) is 38.1 Å². The quantitative estimate of drug-likeness (QED) is 0.829. The summed E-state index contributed by atoms with van der Waals surface area (Å²) in [5, 5.41) is 10.5.